The Hall–Kier alpha value is -0.750. The molecule has 0 amide bonds. The number of methoxy groups -OCH3 is 1. The highest BCUT2D eigenvalue weighted by atomic mass is 32.2. The van der Waals surface area contributed by atoms with Gasteiger partial charge in [-0.2, -0.15) is 0 Å². The van der Waals surface area contributed by atoms with Crippen molar-refractivity contribution in [3.63, 3.8) is 0 Å². The highest BCUT2D eigenvalue weighted by Crippen LogP contribution is 2.17. The minimum Gasteiger partial charge on any atom is -0.497 e. The van der Waals surface area contributed by atoms with Gasteiger partial charge in [-0.05, 0) is 38.0 Å². The van der Waals surface area contributed by atoms with Crippen molar-refractivity contribution in [2.24, 2.45) is 0 Å². The molecule has 5 heteroatoms. The Balaban J connectivity index is 1.82. The van der Waals surface area contributed by atoms with Gasteiger partial charge in [0, 0.05) is 29.8 Å². The highest BCUT2D eigenvalue weighted by molar-refractivity contribution is 7.99. The fraction of sp³-hybridized carbons (Fsp3) is 0.625. The van der Waals surface area contributed by atoms with Crippen LogP contribution in [0.4, 0.5) is 0 Å². The largest absolute Gasteiger partial charge is 0.497 e. The normalized spacial score (nSPS) is 20.5. The Kier molecular flexibility index (Phi) is 5.93. The van der Waals surface area contributed by atoms with E-state index in [1.54, 1.807) is 7.11 Å². The van der Waals surface area contributed by atoms with E-state index in [4.69, 9.17) is 4.74 Å². The van der Waals surface area contributed by atoms with Crippen LogP contribution in [-0.2, 0) is 6.42 Å². The van der Waals surface area contributed by atoms with Gasteiger partial charge in [-0.15, -0.1) is 11.8 Å². The molecule has 3 N–H and O–H groups in total. The van der Waals surface area contributed by atoms with Crippen molar-refractivity contribution in [2.75, 3.05) is 25.3 Å². The lowest BCUT2D eigenvalue weighted by molar-refractivity contribution is 0.129. The van der Waals surface area contributed by atoms with Crippen molar-refractivity contribution in [1.82, 2.24) is 10.6 Å². The molecule has 0 bridgehead atoms. The third kappa shape index (κ3) is 5.18. The third-order valence-corrected chi connectivity index (χ3v) is 4.77. The summed E-state index contributed by atoms with van der Waals surface area (Å²) >= 11 is 1.84. The molecule has 1 heterocycles. The fourth-order valence-corrected chi connectivity index (χ4v) is 3.54. The maximum Gasteiger partial charge on any atom is 0.118 e. The summed E-state index contributed by atoms with van der Waals surface area (Å²) in [5, 5.41) is 17.0. The Morgan fingerprint density at radius 3 is 2.71 bits per heavy atom. The summed E-state index contributed by atoms with van der Waals surface area (Å²) in [4.78, 5) is 0. The van der Waals surface area contributed by atoms with Crippen molar-refractivity contribution in [2.45, 2.75) is 38.0 Å². The molecule has 0 radical (unpaired) electrons. The smallest absolute Gasteiger partial charge is 0.118 e. The Bertz CT molecular complexity index is 430. The summed E-state index contributed by atoms with van der Waals surface area (Å²) in [7, 11) is 1.68. The second kappa shape index (κ2) is 7.49. The van der Waals surface area contributed by atoms with E-state index >= 15 is 0 Å². The minimum atomic E-state index is -0.338. The van der Waals surface area contributed by atoms with Gasteiger partial charge in [0.2, 0.25) is 0 Å². The average molecular weight is 310 g/mol. The van der Waals surface area contributed by atoms with Crippen LogP contribution >= 0.6 is 11.8 Å². The number of β-amino-alcohol motifs (C(OH)–C–C–N with tert-alkyl or cyclic N) is 1. The van der Waals surface area contributed by atoms with E-state index in [-0.39, 0.29) is 17.7 Å². The van der Waals surface area contributed by atoms with E-state index in [0.717, 1.165) is 23.8 Å². The van der Waals surface area contributed by atoms with Crippen LogP contribution < -0.4 is 15.4 Å². The maximum atomic E-state index is 10.2. The molecule has 0 aromatic heterocycles. The first-order valence-corrected chi connectivity index (χ1v) is 8.53. The molecule has 4 nitrogen and oxygen atoms in total. The van der Waals surface area contributed by atoms with Gasteiger partial charge in [-0.3, -0.25) is 0 Å². The van der Waals surface area contributed by atoms with E-state index in [1.165, 1.54) is 5.56 Å². The van der Waals surface area contributed by atoms with E-state index in [1.807, 2.05) is 23.9 Å². The topological polar surface area (TPSA) is 53.5 Å². The molecule has 2 atom stereocenters. The summed E-state index contributed by atoms with van der Waals surface area (Å²) < 4.78 is 5.18. The summed E-state index contributed by atoms with van der Waals surface area (Å²) in [5.41, 5.74) is 1.21. The van der Waals surface area contributed by atoms with Crippen LogP contribution in [0.2, 0.25) is 0 Å². The predicted octanol–water partition coefficient (Wildman–Crippen LogP) is 1.63. The van der Waals surface area contributed by atoms with Gasteiger partial charge in [0.15, 0.2) is 0 Å². The molecule has 1 fully saturated rings. The van der Waals surface area contributed by atoms with Crippen LogP contribution in [0.25, 0.3) is 0 Å². The van der Waals surface area contributed by atoms with Crippen molar-refractivity contribution in [3.05, 3.63) is 29.8 Å². The molecular formula is C16H26N2O2S. The Morgan fingerprint density at radius 1 is 1.43 bits per heavy atom. The molecular weight excluding hydrogens is 284 g/mol. The number of ether oxygens (including phenoxy) is 1. The summed E-state index contributed by atoms with van der Waals surface area (Å²) in [5.74, 6) is 2.81. The summed E-state index contributed by atoms with van der Waals surface area (Å²) in [6.45, 7) is 4.95. The number of nitrogens with one attached hydrogen (secondary N) is 2. The molecule has 2 rings (SSSR count). The highest BCUT2D eigenvalue weighted by Gasteiger charge is 2.25. The first-order valence-electron chi connectivity index (χ1n) is 7.37. The lowest BCUT2D eigenvalue weighted by Crippen LogP contribution is -2.50. The van der Waals surface area contributed by atoms with Crippen LogP contribution in [0.5, 0.6) is 5.75 Å². The van der Waals surface area contributed by atoms with E-state index in [0.29, 0.717) is 6.54 Å². The SMILES string of the molecule is COc1ccc(CC(C)(C)NC[C@H](O)[C@H]2CSCN2)cc1. The fourth-order valence-electron chi connectivity index (χ4n) is 2.50. The minimum absolute atomic E-state index is 0.0543. The lowest BCUT2D eigenvalue weighted by Gasteiger charge is -2.29. The number of thioether (sulfide) groups is 1. The zero-order valence-electron chi connectivity index (χ0n) is 13.1. The number of hydrogen-bond acceptors (Lipinski definition) is 5. The molecule has 21 heavy (non-hydrogen) atoms. The average Bonchev–Trinajstić information content (AvgIpc) is 2.99. The second-order valence-corrected chi connectivity index (χ2v) is 7.21. The van der Waals surface area contributed by atoms with Crippen LogP contribution in [0.3, 0.4) is 0 Å². The van der Waals surface area contributed by atoms with E-state index < -0.39 is 0 Å². The molecule has 0 aliphatic carbocycles. The van der Waals surface area contributed by atoms with Crippen LogP contribution in [0.1, 0.15) is 19.4 Å². The van der Waals surface area contributed by atoms with Gasteiger partial charge in [-0.1, -0.05) is 12.1 Å². The number of aliphatic hydroxyl groups excluding tert-OH is 1. The van der Waals surface area contributed by atoms with E-state index in [9.17, 15) is 5.11 Å². The quantitative estimate of drug-likeness (QED) is 0.715. The van der Waals surface area contributed by atoms with Crippen molar-refractivity contribution in [3.8, 4) is 5.75 Å². The lowest BCUT2D eigenvalue weighted by atomic mass is 9.94. The zero-order chi connectivity index (χ0) is 15.3. The molecule has 118 valence electrons. The molecule has 1 aliphatic rings. The molecule has 1 saturated heterocycles. The van der Waals surface area contributed by atoms with Crippen LogP contribution in [-0.4, -0.2) is 48.1 Å². The van der Waals surface area contributed by atoms with Crippen molar-refractivity contribution in [1.29, 1.82) is 0 Å². The number of benzene rings is 1. The predicted molar refractivity (Wildman–Crippen MR) is 89.0 cm³/mol. The Morgan fingerprint density at radius 2 is 2.14 bits per heavy atom. The van der Waals surface area contributed by atoms with Gasteiger partial charge in [0.1, 0.15) is 5.75 Å². The summed E-state index contributed by atoms with van der Waals surface area (Å²) in [6.07, 6.45) is 0.575. The van der Waals surface area contributed by atoms with Gasteiger partial charge in [-0.25, -0.2) is 0 Å². The summed E-state index contributed by atoms with van der Waals surface area (Å²) in [6, 6.07) is 8.36. The second-order valence-electron chi connectivity index (χ2n) is 6.18. The maximum absolute atomic E-state index is 10.2. The molecule has 0 spiro atoms. The first kappa shape index (κ1) is 16.6. The number of aliphatic hydroxyl groups is 1. The van der Waals surface area contributed by atoms with Gasteiger partial charge < -0.3 is 20.5 Å². The molecule has 1 aliphatic heterocycles. The molecule has 0 saturated carbocycles. The van der Waals surface area contributed by atoms with Gasteiger partial charge in [0.05, 0.1) is 13.2 Å². The van der Waals surface area contributed by atoms with Crippen molar-refractivity contribution >= 4 is 11.8 Å². The van der Waals surface area contributed by atoms with Crippen LogP contribution in [0.15, 0.2) is 24.3 Å². The number of hydrogen-bond donors (Lipinski definition) is 3. The first-order chi connectivity index (χ1) is 10.00. The Labute approximate surface area is 131 Å². The van der Waals surface area contributed by atoms with Gasteiger partial charge in [0.25, 0.3) is 0 Å². The standard InChI is InChI=1S/C16H26N2O2S/c1-16(2,8-12-4-6-13(20-3)7-5-12)18-9-15(19)14-10-21-11-17-14/h4-7,14-15,17-19H,8-11H2,1-3H3/t14-,15+/m1/s1. The molecule has 1 aromatic rings. The monoisotopic (exact) mass is 310 g/mol. The molecule has 0 unspecified atom stereocenters. The third-order valence-electron chi connectivity index (χ3n) is 3.80. The van der Waals surface area contributed by atoms with Crippen molar-refractivity contribution < 1.29 is 9.84 Å². The zero-order valence-corrected chi connectivity index (χ0v) is 13.9. The van der Waals surface area contributed by atoms with E-state index in [2.05, 4.69) is 36.6 Å². The van der Waals surface area contributed by atoms with Crippen LogP contribution in [0, 0.1) is 0 Å². The number of rotatable bonds is 7. The molecule has 1 aromatic carbocycles. The van der Waals surface area contributed by atoms with Gasteiger partial charge >= 0.3 is 0 Å².